The Morgan fingerprint density at radius 2 is 1.71 bits per heavy atom. The van der Waals surface area contributed by atoms with Crippen molar-refractivity contribution in [3.63, 3.8) is 0 Å². The van der Waals surface area contributed by atoms with Crippen LogP contribution in [0.3, 0.4) is 0 Å². The van der Waals surface area contributed by atoms with E-state index in [1.54, 1.807) is 6.92 Å². The van der Waals surface area contributed by atoms with E-state index in [2.05, 4.69) is 10.1 Å². The molecule has 0 aliphatic heterocycles. The Morgan fingerprint density at radius 3 is 2.21 bits per heavy atom. The van der Waals surface area contributed by atoms with Crippen LogP contribution >= 0.6 is 0 Å². The van der Waals surface area contributed by atoms with E-state index in [0.29, 0.717) is 4.68 Å². The summed E-state index contributed by atoms with van der Waals surface area (Å²) in [4.78, 5) is 17.6. The van der Waals surface area contributed by atoms with Gasteiger partial charge in [-0.2, -0.15) is 36.7 Å². The Morgan fingerprint density at radius 1 is 1.09 bits per heavy atom. The van der Waals surface area contributed by atoms with Crippen molar-refractivity contribution in [3.05, 3.63) is 70.4 Å². The van der Waals surface area contributed by atoms with Crippen molar-refractivity contribution in [1.29, 1.82) is 5.26 Å². The van der Waals surface area contributed by atoms with E-state index in [1.807, 2.05) is 0 Å². The second-order valence-corrected chi connectivity index (χ2v) is 6.97. The molecule has 178 valence electrons. The van der Waals surface area contributed by atoms with Gasteiger partial charge in [0.25, 0.3) is 5.91 Å². The van der Waals surface area contributed by atoms with Crippen LogP contribution in [0.25, 0.3) is 5.82 Å². The Labute approximate surface area is 187 Å². The zero-order valence-corrected chi connectivity index (χ0v) is 17.5. The van der Waals surface area contributed by atoms with Gasteiger partial charge in [0.1, 0.15) is 28.8 Å². The van der Waals surface area contributed by atoms with Crippen molar-refractivity contribution in [2.24, 2.45) is 0 Å². The largest absolute Gasteiger partial charge is 0.433 e. The van der Waals surface area contributed by atoms with Crippen molar-refractivity contribution in [1.82, 2.24) is 14.8 Å². The number of aromatic nitrogens is 3. The van der Waals surface area contributed by atoms with Crippen molar-refractivity contribution in [2.45, 2.75) is 26.2 Å². The molecule has 0 atom stereocenters. The minimum atomic E-state index is -5.32. The highest BCUT2D eigenvalue weighted by Crippen LogP contribution is 2.38. The first kappa shape index (κ1) is 24.7. The van der Waals surface area contributed by atoms with Crippen molar-refractivity contribution >= 4 is 11.6 Å². The number of aryl methyl sites for hydroxylation is 1. The molecule has 0 saturated heterocycles. The zero-order chi connectivity index (χ0) is 25.4. The molecule has 0 spiro atoms. The van der Waals surface area contributed by atoms with Crippen LogP contribution in [0.15, 0.2) is 36.4 Å². The van der Waals surface area contributed by atoms with Crippen molar-refractivity contribution < 1.29 is 35.5 Å². The lowest BCUT2D eigenvalue weighted by atomic mass is 10.1. The average Bonchev–Trinajstić information content (AvgIpc) is 3.14. The minimum Gasteiger partial charge on any atom is -0.307 e. The first-order valence-corrected chi connectivity index (χ1v) is 9.52. The van der Waals surface area contributed by atoms with Gasteiger partial charge in [-0.3, -0.25) is 4.79 Å². The van der Waals surface area contributed by atoms with Crippen LogP contribution in [0.2, 0.25) is 0 Å². The molecule has 1 aromatic carbocycles. The molecule has 3 aromatic rings. The number of anilines is 1. The standard InChI is InChI=1S/C21H14F7N5O/c1-3-32(13-6-4-12(22)5-7-13)19(34)16-8-11(2)31-33(16)18-14(10-29)15(20(23,24)25)9-17(30-18)21(26,27)28/h4-9H,3H2,1-2H3. The lowest BCUT2D eigenvalue weighted by Gasteiger charge is -2.22. The molecule has 1 amide bonds. The fourth-order valence-electron chi connectivity index (χ4n) is 3.18. The molecule has 3 rings (SSSR count). The maximum absolute atomic E-state index is 13.5. The van der Waals surface area contributed by atoms with Crippen LogP contribution in [-0.4, -0.2) is 27.2 Å². The van der Waals surface area contributed by atoms with Crippen molar-refractivity contribution in [3.8, 4) is 11.9 Å². The molecule has 0 radical (unpaired) electrons. The quantitative estimate of drug-likeness (QED) is 0.471. The fraction of sp³-hybridized carbons (Fsp3) is 0.238. The van der Waals surface area contributed by atoms with Gasteiger partial charge in [0, 0.05) is 12.2 Å². The number of nitrogens with zero attached hydrogens (tertiary/aromatic N) is 5. The lowest BCUT2D eigenvalue weighted by Crippen LogP contribution is -2.32. The number of amides is 1. The molecule has 0 bridgehead atoms. The van der Waals surface area contributed by atoms with E-state index in [0.717, 1.165) is 23.1 Å². The summed E-state index contributed by atoms with van der Waals surface area (Å²) in [6.07, 6.45) is -10.6. The molecule has 0 unspecified atom stereocenters. The molecule has 34 heavy (non-hydrogen) atoms. The summed E-state index contributed by atoms with van der Waals surface area (Å²) in [5.74, 6) is -2.55. The van der Waals surface area contributed by atoms with E-state index >= 15 is 0 Å². The normalized spacial score (nSPS) is 11.9. The first-order chi connectivity index (χ1) is 15.8. The molecule has 0 saturated carbocycles. The maximum atomic E-state index is 13.5. The molecular weight excluding hydrogens is 471 g/mol. The fourth-order valence-corrected chi connectivity index (χ4v) is 3.18. The highest BCUT2D eigenvalue weighted by molar-refractivity contribution is 6.05. The molecule has 0 N–H and O–H groups in total. The molecule has 13 heteroatoms. The molecule has 2 heterocycles. The molecular formula is C21H14F7N5O. The molecule has 6 nitrogen and oxygen atoms in total. The number of hydrogen-bond donors (Lipinski definition) is 0. The number of nitriles is 1. The Kier molecular flexibility index (Phi) is 6.37. The topological polar surface area (TPSA) is 74.8 Å². The highest BCUT2D eigenvalue weighted by atomic mass is 19.4. The summed E-state index contributed by atoms with van der Waals surface area (Å²) in [5, 5.41) is 13.2. The first-order valence-electron chi connectivity index (χ1n) is 9.52. The second kappa shape index (κ2) is 8.77. The Bertz CT molecular complexity index is 1270. The number of halogens is 7. The van der Waals surface area contributed by atoms with E-state index in [-0.39, 0.29) is 24.0 Å². The Hall–Kier alpha value is -3.95. The molecule has 0 fully saturated rings. The van der Waals surface area contributed by atoms with E-state index in [9.17, 15) is 40.8 Å². The minimum absolute atomic E-state index is 0.0175. The SMILES string of the molecule is CCN(C(=O)c1cc(C)nn1-c1nc(C(F)(F)F)cc(C(F)(F)F)c1C#N)c1ccc(F)cc1. The third kappa shape index (κ3) is 4.70. The molecule has 0 aliphatic carbocycles. The predicted molar refractivity (Wildman–Crippen MR) is 105 cm³/mol. The number of pyridine rings is 1. The number of carbonyl (C=O) groups is 1. The number of alkyl halides is 6. The zero-order valence-electron chi connectivity index (χ0n) is 17.5. The summed E-state index contributed by atoms with van der Waals surface area (Å²) in [6, 6.07) is 6.79. The summed E-state index contributed by atoms with van der Waals surface area (Å²) < 4.78 is 94.3. The lowest BCUT2D eigenvalue weighted by molar-refractivity contribution is -0.145. The van der Waals surface area contributed by atoms with Gasteiger partial charge in [0.15, 0.2) is 5.82 Å². The molecule has 0 aliphatic rings. The van der Waals surface area contributed by atoms with Gasteiger partial charge in [0.05, 0.1) is 11.3 Å². The van der Waals surface area contributed by atoms with E-state index in [4.69, 9.17) is 0 Å². The maximum Gasteiger partial charge on any atom is 0.433 e. The average molecular weight is 485 g/mol. The summed E-state index contributed by atoms with van der Waals surface area (Å²) in [5.41, 5.74) is -5.18. The van der Waals surface area contributed by atoms with Crippen LogP contribution in [0.4, 0.5) is 36.4 Å². The van der Waals surface area contributed by atoms with Crippen LogP contribution in [0.1, 0.15) is 39.9 Å². The number of hydrogen-bond acceptors (Lipinski definition) is 4. The van der Waals surface area contributed by atoms with Gasteiger partial charge in [-0.05, 0) is 50.2 Å². The van der Waals surface area contributed by atoms with Gasteiger partial charge in [-0.1, -0.05) is 0 Å². The van der Waals surface area contributed by atoms with Crippen LogP contribution in [0, 0.1) is 24.1 Å². The molecule has 2 aromatic heterocycles. The Balaban J connectivity index is 2.27. The summed E-state index contributed by atoms with van der Waals surface area (Å²) in [7, 11) is 0. The summed E-state index contributed by atoms with van der Waals surface area (Å²) >= 11 is 0. The second-order valence-electron chi connectivity index (χ2n) is 6.97. The van der Waals surface area contributed by atoms with Gasteiger partial charge in [-0.15, -0.1) is 0 Å². The van der Waals surface area contributed by atoms with Crippen LogP contribution in [0.5, 0.6) is 0 Å². The van der Waals surface area contributed by atoms with E-state index < -0.39 is 52.4 Å². The van der Waals surface area contributed by atoms with Crippen LogP contribution < -0.4 is 4.90 Å². The van der Waals surface area contributed by atoms with Gasteiger partial charge >= 0.3 is 12.4 Å². The predicted octanol–water partition coefficient (Wildman–Crippen LogP) is 5.29. The third-order valence-electron chi connectivity index (χ3n) is 4.66. The van der Waals surface area contributed by atoms with E-state index in [1.165, 1.54) is 25.1 Å². The summed E-state index contributed by atoms with van der Waals surface area (Å²) in [6.45, 7) is 2.93. The number of carbonyl (C=O) groups excluding carboxylic acids is 1. The monoisotopic (exact) mass is 485 g/mol. The van der Waals surface area contributed by atoms with Gasteiger partial charge in [0.2, 0.25) is 0 Å². The van der Waals surface area contributed by atoms with Crippen LogP contribution in [-0.2, 0) is 12.4 Å². The number of rotatable bonds is 4. The van der Waals surface area contributed by atoms with Crippen molar-refractivity contribution in [2.75, 3.05) is 11.4 Å². The highest BCUT2D eigenvalue weighted by Gasteiger charge is 2.42. The van der Waals surface area contributed by atoms with Gasteiger partial charge in [-0.25, -0.2) is 14.1 Å². The van der Waals surface area contributed by atoms with Gasteiger partial charge < -0.3 is 4.90 Å². The number of benzene rings is 1. The third-order valence-corrected chi connectivity index (χ3v) is 4.66. The smallest absolute Gasteiger partial charge is 0.307 e.